The van der Waals surface area contributed by atoms with Crippen LogP contribution >= 0.6 is 0 Å². The van der Waals surface area contributed by atoms with Crippen molar-refractivity contribution in [3.63, 3.8) is 0 Å². The number of hydrogen-bond acceptors (Lipinski definition) is 6. The van der Waals surface area contributed by atoms with Gasteiger partial charge >= 0.3 is 0 Å². The maximum Gasteiger partial charge on any atom is 0.0701 e. The van der Waals surface area contributed by atoms with E-state index in [9.17, 15) is 0 Å². The van der Waals surface area contributed by atoms with Crippen molar-refractivity contribution in [3.8, 4) is 0 Å². The Kier molecular flexibility index (Phi) is 23.8. The summed E-state index contributed by atoms with van der Waals surface area (Å²) in [7, 11) is 0. The van der Waals surface area contributed by atoms with Gasteiger partial charge in [0.2, 0.25) is 0 Å². The zero-order valence-electron chi connectivity index (χ0n) is 18.3. The first kappa shape index (κ1) is 27.8. The fourth-order valence-corrected chi connectivity index (χ4v) is 2.54. The molecule has 0 bridgehead atoms. The second-order valence-electron chi connectivity index (χ2n) is 6.70. The largest absolute Gasteiger partial charge is 0.394 e. The molecule has 0 unspecified atom stereocenters. The molecule has 1 rings (SSSR count). The number of rotatable bonds is 19. The zero-order chi connectivity index (χ0) is 21.3. The normalized spacial score (nSPS) is 10.4. The van der Waals surface area contributed by atoms with Gasteiger partial charge in [-0.2, -0.15) is 0 Å². The highest BCUT2D eigenvalue weighted by atomic mass is 16.5. The van der Waals surface area contributed by atoms with E-state index in [1.54, 1.807) is 0 Å². The van der Waals surface area contributed by atoms with Gasteiger partial charge in [0.05, 0.1) is 52.9 Å². The highest BCUT2D eigenvalue weighted by molar-refractivity contribution is 5.42. The average molecular weight is 414 g/mol. The Hall–Kier alpha value is -1.18. The van der Waals surface area contributed by atoms with Crippen molar-refractivity contribution in [2.45, 2.75) is 51.9 Å². The molecular formula is C23H43NO5. The minimum Gasteiger partial charge on any atom is -0.394 e. The SMILES string of the molecule is CCCCCCCCCNc1ccccc1.OCCOCCOCCOCCO. The predicted molar refractivity (Wildman–Crippen MR) is 120 cm³/mol. The van der Waals surface area contributed by atoms with Crippen molar-refractivity contribution in [3.05, 3.63) is 30.3 Å². The van der Waals surface area contributed by atoms with E-state index in [4.69, 9.17) is 24.4 Å². The van der Waals surface area contributed by atoms with E-state index < -0.39 is 0 Å². The van der Waals surface area contributed by atoms with Gasteiger partial charge in [-0.1, -0.05) is 63.6 Å². The second-order valence-corrected chi connectivity index (χ2v) is 6.70. The Balaban J connectivity index is 0.000000555. The fourth-order valence-electron chi connectivity index (χ4n) is 2.54. The van der Waals surface area contributed by atoms with Gasteiger partial charge in [-0.25, -0.2) is 0 Å². The van der Waals surface area contributed by atoms with Crippen LogP contribution in [0.15, 0.2) is 30.3 Å². The molecule has 0 aliphatic carbocycles. The van der Waals surface area contributed by atoms with Gasteiger partial charge < -0.3 is 29.7 Å². The first-order chi connectivity index (χ1) is 14.3. The lowest BCUT2D eigenvalue weighted by molar-refractivity contribution is 0.00230. The van der Waals surface area contributed by atoms with Gasteiger partial charge in [-0.3, -0.25) is 0 Å². The molecule has 170 valence electrons. The number of ether oxygens (including phenoxy) is 3. The van der Waals surface area contributed by atoms with E-state index in [2.05, 4.69) is 42.6 Å². The van der Waals surface area contributed by atoms with E-state index in [1.807, 2.05) is 0 Å². The van der Waals surface area contributed by atoms with E-state index >= 15 is 0 Å². The van der Waals surface area contributed by atoms with Crippen molar-refractivity contribution in [1.29, 1.82) is 0 Å². The summed E-state index contributed by atoms with van der Waals surface area (Å²) >= 11 is 0. The van der Waals surface area contributed by atoms with Crippen LogP contribution in [0.1, 0.15) is 51.9 Å². The van der Waals surface area contributed by atoms with Gasteiger partial charge in [0.25, 0.3) is 0 Å². The van der Waals surface area contributed by atoms with E-state index in [-0.39, 0.29) is 13.2 Å². The molecular weight excluding hydrogens is 370 g/mol. The maximum absolute atomic E-state index is 8.36. The highest BCUT2D eigenvalue weighted by Gasteiger charge is 1.92. The molecule has 0 heterocycles. The molecule has 0 fully saturated rings. The zero-order valence-corrected chi connectivity index (χ0v) is 18.3. The number of nitrogens with one attached hydrogen (secondary N) is 1. The van der Waals surface area contributed by atoms with Crippen molar-refractivity contribution < 1.29 is 24.4 Å². The monoisotopic (exact) mass is 413 g/mol. The maximum atomic E-state index is 8.36. The molecule has 0 spiro atoms. The Labute approximate surface area is 177 Å². The molecule has 6 nitrogen and oxygen atoms in total. The number of aliphatic hydroxyl groups excluding tert-OH is 2. The summed E-state index contributed by atoms with van der Waals surface area (Å²) in [5.41, 5.74) is 1.24. The Morgan fingerprint density at radius 2 is 1.14 bits per heavy atom. The van der Waals surface area contributed by atoms with Crippen LogP contribution in [0.5, 0.6) is 0 Å². The van der Waals surface area contributed by atoms with Crippen molar-refractivity contribution in [2.24, 2.45) is 0 Å². The molecule has 6 heteroatoms. The lowest BCUT2D eigenvalue weighted by atomic mass is 10.1. The third-order valence-electron chi connectivity index (χ3n) is 4.10. The molecule has 1 aromatic rings. The quantitative estimate of drug-likeness (QED) is 0.299. The summed E-state index contributed by atoms with van der Waals surface area (Å²) in [5, 5.41) is 20.2. The number of aliphatic hydroxyl groups is 2. The van der Waals surface area contributed by atoms with Crippen LogP contribution in [-0.2, 0) is 14.2 Å². The van der Waals surface area contributed by atoms with Crippen LogP contribution < -0.4 is 5.32 Å². The fraction of sp³-hybridized carbons (Fsp3) is 0.739. The number of benzene rings is 1. The van der Waals surface area contributed by atoms with E-state index in [1.165, 1.54) is 50.6 Å². The van der Waals surface area contributed by atoms with Crippen molar-refractivity contribution >= 4 is 5.69 Å². The van der Waals surface area contributed by atoms with Crippen LogP contribution in [0, 0.1) is 0 Å². The summed E-state index contributed by atoms with van der Waals surface area (Å²) in [4.78, 5) is 0. The molecule has 0 aromatic heterocycles. The summed E-state index contributed by atoms with van der Waals surface area (Å²) in [6.45, 7) is 6.14. The Morgan fingerprint density at radius 3 is 1.66 bits per heavy atom. The average Bonchev–Trinajstić information content (AvgIpc) is 2.76. The molecule has 3 N–H and O–H groups in total. The topological polar surface area (TPSA) is 80.2 Å². The van der Waals surface area contributed by atoms with Gasteiger partial charge in [0.15, 0.2) is 0 Å². The summed E-state index contributed by atoms with van der Waals surface area (Å²) in [6.07, 6.45) is 9.64. The third-order valence-corrected chi connectivity index (χ3v) is 4.10. The highest BCUT2D eigenvalue weighted by Crippen LogP contribution is 2.08. The predicted octanol–water partition coefficient (Wildman–Crippen LogP) is 3.87. The van der Waals surface area contributed by atoms with Crippen LogP contribution in [0.25, 0.3) is 0 Å². The molecule has 1 aromatic carbocycles. The first-order valence-corrected chi connectivity index (χ1v) is 11.1. The summed E-state index contributed by atoms with van der Waals surface area (Å²) < 4.78 is 15.0. The van der Waals surface area contributed by atoms with Crippen molar-refractivity contribution in [1.82, 2.24) is 0 Å². The van der Waals surface area contributed by atoms with E-state index in [0.717, 1.165) is 6.54 Å². The second kappa shape index (κ2) is 24.9. The van der Waals surface area contributed by atoms with Crippen LogP contribution in [0.3, 0.4) is 0 Å². The smallest absolute Gasteiger partial charge is 0.0701 e. The minimum atomic E-state index is 0.0413. The number of unbranched alkanes of at least 4 members (excludes halogenated alkanes) is 6. The molecule has 0 aliphatic rings. The third kappa shape index (κ3) is 23.0. The van der Waals surface area contributed by atoms with E-state index in [0.29, 0.717) is 39.6 Å². The molecule has 29 heavy (non-hydrogen) atoms. The van der Waals surface area contributed by atoms with Gasteiger partial charge in [0, 0.05) is 12.2 Å². The Bertz CT molecular complexity index is 396. The first-order valence-electron chi connectivity index (χ1n) is 11.1. The lowest BCUT2D eigenvalue weighted by Crippen LogP contribution is -2.11. The molecule has 0 aliphatic heterocycles. The van der Waals surface area contributed by atoms with Gasteiger partial charge in [0.1, 0.15) is 0 Å². The van der Waals surface area contributed by atoms with Crippen LogP contribution in [0.4, 0.5) is 5.69 Å². The molecule has 0 saturated heterocycles. The number of hydrogen-bond donors (Lipinski definition) is 3. The number of para-hydroxylation sites is 1. The molecule has 0 amide bonds. The van der Waals surface area contributed by atoms with Gasteiger partial charge in [-0.15, -0.1) is 0 Å². The van der Waals surface area contributed by atoms with Gasteiger partial charge in [-0.05, 0) is 18.6 Å². The molecule has 0 radical (unpaired) electrons. The standard InChI is InChI=1S/C15H25N.C8H18O5/c1-2-3-4-5-6-7-11-14-16-15-12-9-8-10-13-15;9-1-3-11-5-7-13-8-6-12-4-2-10/h8-10,12-13,16H,2-7,11,14H2,1H3;9-10H,1-8H2. The Morgan fingerprint density at radius 1 is 0.655 bits per heavy atom. The van der Waals surface area contributed by atoms with Crippen molar-refractivity contribution in [2.75, 3.05) is 64.7 Å². The summed E-state index contributed by atoms with van der Waals surface area (Å²) in [6, 6.07) is 10.5. The minimum absolute atomic E-state index is 0.0413. The number of anilines is 1. The van der Waals surface area contributed by atoms with Crippen LogP contribution in [0.2, 0.25) is 0 Å². The van der Waals surface area contributed by atoms with Crippen LogP contribution in [-0.4, -0.2) is 69.6 Å². The lowest BCUT2D eigenvalue weighted by Gasteiger charge is -2.05. The summed E-state index contributed by atoms with van der Waals surface area (Å²) in [5.74, 6) is 0. The molecule has 0 saturated carbocycles. The molecule has 0 atom stereocenters.